The largest absolute Gasteiger partial charge is 0.476 e. The van der Waals surface area contributed by atoms with Gasteiger partial charge in [-0.25, -0.2) is 4.79 Å². The van der Waals surface area contributed by atoms with Crippen molar-refractivity contribution in [3.63, 3.8) is 0 Å². The van der Waals surface area contributed by atoms with Gasteiger partial charge in [0, 0.05) is 13.0 Å². The average molecular weight is 306 g/mol. The van der Waals surface area contributed by atoms with Crippen LogP contribution in [0.3, 0.4) is 0 Å². The van der Waals surface area contributed by atoms with Gasteiger partial charge in [0.05, 0.1) is 6.04 Å². The van der Waals surface area contributed by atoms with Crippen molar-refractivity contribution in [1.29, 1.82) is 0 Å². The van der Waals surface area contributed by atoms with Crippen molar-refractivity contribution >= 4 is 11.9 Å². The number of carbonyl (C=O) groups excluding carboxylic acids is 1. The number of likely N-dealkylation sites (tertiary alicyclic amines) is 1. The van der Waals surface area contributed by atoms with Crippen LogP contribution in [0.4, 0.5) is 0 Å². The van der Waals surface area contributed by atoms with Crippen molar-refractivity contribution in [2.24, 2.45) is 5.92 Å². The number of aromatic amines is 1. The maximum atomic E-state index is 12.5. The van der Waals surface area contributed by atoms with E-state index in [1.54, 1.807) is 4.90 Å². The summed E-state index contributed by atoms with van der Waals surface area (Å²) < 4.78 is 0. The van der Waals surface area contributed by atoms with Gasteiger partial charge in [-0.3, -0.25) is 4.79 Å². The lowest BCUT2D eigenvalue weighted by atomic mass is 10.0. The predicted molar refractivity (Wildman–Crippen MR) is 78.2 cm³/mol. The Morgan fingerprint density at radius 3 is 2.68 bits per heavy atom. The lowest BCUT2D eigenvalue weighted by Gasteiger charge is -2.24. The van der Waals surface area contributed by atoms with Crippen LogP contribution in [-0.2, 0) is 4.79 Å². The molecule has 2 fully saturated rings. The van der Waals surface area contributed by atoms with Gasteiger partial charge in [-0.2, -0.15) is 10.3 Å². The summed E-state index contributed by atoms with van der Waals surface area (Å²) in [5, 5.41) is 19.2. The van der Waals surface area contributed by atoms with Crippen molar-refractivity contribution in [3.05, 3.63) is 11.4 Å². The van der Waals surface area contributed by atoms with Crippen LogP contribution >= 0.6 is 0 Å². The SMILES string of the molecule is O=C(O)c1n[nH]nc1C1CCCN1C(=O)CCC1CCCC1. The average Bonchev–Trinajstić information content (AvgIpc) is 3.22. The van der Waals surface area contributed by atoms with Gasteiger partial charge in [-0.1, -0.05) is 25.7 Å². The zero-order valence-corrected chi connectivity index (χ0v) is 12.6. The molecule has 0 spiro atoms. The summed E-state index contributed by atoms with van der Waals surface area (Å²) in [4.78, 5) is 25.5. The summed E-state index contributed by atoms with van der Waals surface area (Å²) in [6.45, 7) is 0.681. The smallest absolute Gasteiger partial charge is 0.358 e. The van der Waals surface area contributed by atoms with Gasteiger partial charge in [0.1, 0.15) is 5.69 Å². The monoisotopic (exact) mass is 306 g/mol. The number of aromatic carboxylic acids is 1. The number of amides is 1. The first-order valence-corrected chi connectivity index (χ1v) is 8.10. The van der Waals surface area contributed by atoms with Crippen molar-refractivity contribution in [3.8, 4) is 0 Å². The maximum Gasteiger partial charge on any atom is 0.358 e. The molecule has 1 aliphatic heterocycles. The summed E-state index contributed by atoms with van der Waals surface area (Å²) in [5.41, 5.74) is 0.319. The van der Waals surface area contributed by atoms with Crippen molar-refractivity contribution in [2.75, 3.05) is 6.54 Å². The fourth-order valence-corrected chi connectivity index (χ4v) is 3.75. The number of carboxylic acid groups (broad SMARTS) is 1. The van der Waals surface area contributed by atoms with Gasteiger partial charge in [0.15, 0.2) is 5.69 Å². The highest BCUT2D eigenvalue weighted by molar-refractivity contribution is 5.87. The van der Waals surface area contributed by atoms with Gasteiger partial charge in [0.2, 0.25) is 5.91 Å². The summed E-state index contributed by atoms with van der Waals surface area (Å²) in [7, 11) is 0. The van der Waals surface area contributed by atoms with Crippen LogP contribution in [0.5, 0.6) is 0 Å². The molecule has 1 unspecified atom stereocenters. The van der Waals surface area contributed by atoms with E-state index >= 15 is 0 Å². The Labute approximate surface area is 129 Å². The second kappa shape index (κ2) is 6.46. The van der Waals surface area contributed by atoms with Gasteiger partial charge in [-0.15, -0.1) is 5.10 Å². The van der Waals surface area contributed by atoms with Crippen LogP contribution in [0.25, 0.3) is 0 Å². The summed E-state index contributed by atoms with van der Waals surface area (Å²) in [6, 6.07) is -0.249. The molecule has 1 saturated heterocycles. The summed E-state index contributed by atoms with van der Waals surface area (Å²) in [6.07, 6.45) is 8.19. The number of H-pyrrole nitrogens is 1. The van der Waals surface area contributed by atoms with Crippen LogP contribution in [0.1, 0.15) is 73.6 Å². The molecule has 1 aromatic rings. The lowest BCUT2D eigenvalue weighted by molar-refractivity contribution is -0.132. The van der Waals surface area contributed by atoms with Gasteiger partial charge < -0.3 is 10.0 Å². The molecule has 1 aliphatic carbocycles. The molecule has 0 aromatic carbocycles. The molecule has 7 nitrogen and oxygen atoms in total. The van der Waals surface area contributed by atoms with E-state index in [1.807, 2.05) is 0 Å². The van der Waals surface area contributed by atoms with Crippen LogP contribution in [0.2, 0.25) is 0 Å². The molecule has 22 heavy (non-hydrogen) atoms. The topological polar surface area (TPSA) is 99.2 Å². The minimum absolute atomic E-state index is 0.0690. The molecule has 0 bridgehead atoms. The molecule has 3 rings (SSSR count). The van der Waals surface area contributed by atoms with Crippen molar-refractivity contribution in [1.82, 2.24) is 20.3 Å². The number of carbonyl (C=O) groups is 2. The quantitative estimate of drug-likeness (QED) is 0.868. The van der Waals surface area contributed by atoms with Gasteiger partial charge >= 0.3 is 5.97 Å². The minimum atomic E-state index is -1.10. The molecule has 1 atom stereocenters. The highest BCUT2D eigenvalue weighted by Crippen LogP contribution is 2.34. The molecule has 1 saturated carbocycles. The third kappa shape index (κ3) is 2.98. The highest BCUT2D eigenvalue weighted by atomic mass is 16.4. The van der Waals surface area contributed by atoms with E-state index < -0.39 is 5.97 Å². The third-order valence-electron chi connectivity index (χ3n) is 4.91. The molecule has 0 radical (unpaired) electrons. The first-order valence-electron chi connectivity index (χ1n) is 8.10. The van der Waals surface area contributed by atoms with Gasteiger partial charge in [-0.05, 0) is 25.2 Å². The van der Waals surface area contributed by atoms with Gasteiger partial charge in [0.25, 0.3) is 0 Å². The zero-order valence-electron chi connectivity index (χ0n) is 12.6. The Morgan fingerprint density at radius 1 is 1.18 bits per heavy atom. The van der Waals surface area contributed by atoms with E-state index in [0.29, 0.717) is 24.6 Å². The number of aromatic nitrogens is 3. The Morgan fingerprint density at radius 2 is 1.95 bits per heavy atom. The number of carboxylic acids is 1. The molecule has 2 aliphatic rings. The second-order valence-corrected chi connectivity index (χ2v) is 6.30. The van der Waals surface area contributed by atoms with Crippen LogP contribution in [0, 0.1) is 5.92 Å². The number of nitrogens with zero attached hydrogens (tertiary/aromatic N) is 3. The Bertz CT molecular complexity index is 551. The van der Waals surface area contributed by atoms with E-state index in [0.717, 1.165) is 19.3 Å². The van der Waals surface area contributed by atoms with E-state index in [-0.39, 0.29) is 17.6 Å². The number of hydrogen-bond acceptors (Lipinski definition) is 4. The molecule has 2 N–H and O–H groups in total. The summed E-state index contributed by atoms with van der Waals surface area (Å²) in [5.74, 6) is -0.297. The normalized spacial score (nSPS) is 22.4. The third-order valence-corrected chi connectivity index (χ3v) is 4.91. The van der Waals surface area contributed by atoms with Crippen molar-refractivity contribution in [2.45, 2.75) is 57.4 Å². The highest BCUT2D eigenvalue weighted by Gasteiger charge is 2.35. The maximum absolute atomic E-state index is 12.5. The number of rotatable bonds is 5. The Kier molecular flexibility index (Phi) is 4.40. The standard InChI is InChI=1S/C15H22N4O3/c20-12(8-7-10-4-1-2-5-10)19-9-3-6-11(19)13-14(15(21)22)17-18-16-13/h10-11H,1-9H2,(H,21,22)(H,16,17,18). The number of hydrogen-bond donors (Lipinski definition) is 2. The Hall–Kier alpha value is -1.92. The molecule has 1 amide bonds. The molecular formula is C15H22N4O3. The molecule has 2 heterocycles. The van der Waals surface area contributed by atoms with E-state index in [2.05, 4.69) is 15.4 Å². The van der Waals surface area contributed by atoms with Crippen LogP contribution in [0.15, 0.2) is 0 Å². The second-order valence-electron chi connectivity index (χ2n) is 6.30. The molecule has 1 aromatic heterocycles. The van der Waals surface area contributed by atoms with Crippen molar-refractivity contribution < 1.29 is 14.7 Å². The Balaban J connectivity index is 1.65. The van der Waals surface area contributed by atoms with E-state index in [1.165, 1.54) is 25.7 Å². The first kappa shape index (κ1) is 15.0. The molecule has 7 heteroatoms. The molecular weight excluding hydrogens is 284 g/mol. The van der Waals surface area contributed by atoms with Crippen LogP contribution < -0.4 is 0 Å². The van der Waals surface area contributed by atoms with Crippen LogP contribution in [-0.4, -0.2) is 43.8 Å². The lowest BCUT2D eigenvalue weighted by Crippen LogP contribution is -2.31. The zero-order chi connectivity index (χ0) is 15.5. The first-order chi connectivity index (χ1) is 10.7. The number of nitrogens with one attached hydrogen (secondary N) is 1. The van der Waals surface area contributed by atoms with E-state index in [9.17, 15) is 9.59 Å². The van der Waals surface area contributed by atoms with E-state index in [4.69, 9.17) is 5.11 Å². The minimum Gasteiger partial charge on any atom is -0.476 e. The fourth-order valence-electron chi connectivity index (χ4n) is 3.75. The summed E-state index contributed by atoms with van der Waals surface area (Å²) >= 11 is 0. The predicted octanol–water partition coefficient (Wildman–Crippen LogP) is 2.14. The fraction of sp³-hybridized carbons (Fsp3) is 0.733. The molecule has 120 valence electrons.